The van der Waals surface area contributed by atoms with Crippen molar-refractivity contribution < 1.29 is 19.4 Å². The summed E-state index contributed by atoms with van der Waals surface area (Å²) in [6.45, 7) is 6.14. The summed E-state index contributed by atoms with van der Waals surface area (Å²) in [6, 6.07) is 6.44. The molecule has 178 valence electrons. The number of pyridine rings is 2. The first-order valence-corrected chi connectivity index (χ1v) is 11.0. The highest BCUT2D eigenvalue weighted by molar-refractivity contribution is 6.02. The molecule has 1 aliphatic rings. The van der Waals surface area contributed by atoms with Gasteiger partial charge in [0, 0.05) is 19.3 Å². The number of amides is 2. The number of nitrogens with zero attached hydrogens (tertiary/aromatic N) is 7. The van der Waals surface area contributed by atoms with Crippen LogP contribution in [0.15, 0.2) is 30.5 Å². The van der Waals surface area contributed by atoms with E-state index in [2.05, 4.69) is 30.8 Å². The summed E-state index contributed by atoms with van der Waals surface area (Å²) in [5, 5.41) is 23.7. The van der Waals surface area contributed by atoms with Crippen molar-refractivity contribution in [2.45, 2.75) is 45.9 Å². The lowest BCUT2D eigenvalue weighted by atomic mass is 10.0. The smallest absolute Gasteiger partial charge is 0.410 e. The molecule has 2 N–H and O–H groups in total. The Labute approximate surface area is 196 Å². The number of hydrogen-bond donors (Lipinski definition) is 2. The maximum Gasteiger partial charge on any atom is 0.410 e. The van der Waals surface area contributed by atoms with Crippen LogP contribution in [0.1, 0.15) is 48.4 Å². The summed E-state index contributed by atoms with van der Waals surface area (Å²) in [4.78, 5) is 35.5. The molecule has 3 aromatic heterocycles. The third-order valence-electron chi connectivity index (χ3n) is 5.32. The van der Waals surface area contributed by atoms with Crippen LogP contribution in [0.3, 0.4) is 0 Å². The highest BCUT2D eigenvalue weighted by atomic mass is 16.6. The van der Waals surface area contributed by atoms with Crippen molar-refractivity contribution in [3.63, 3.8) is 0 Å². The topological polar surface area (TPSA) is 148 Å². The minimum atomic E-state index is -0.433. The van der Waals surface area contributed by atoms with Gasteiger partial charge in [-0.25, -0.2) is 14.5 Å². The summed E-state index contributed by atoms with van der Waals surface area (Å²) in [5.74, 6) is 0.242. The summed E-state index contributed by atoms with van der Waals surface area (Å²) in [6.07, 6.45) is 1.74. The SMILES string of the molecule is CC(C)OC(=O)N1CCc2cnc(C(=O)Nc3cccc(-c4nnnn4[C@H](C)CO)n3)cc2C1. The Kier molecular flexibility index (Phi) is 6.77. The molecule has 0 aromatic carbocycles. The lowest BCUT2D eigenvalue weighted by Crippen LogP contribution is -2.37. The van der Waals surface area contributed by atoms with Crippen molar-refractivity contribution in [1.82, 2.24) is 35.1 Å². The van der Waals surface area contributed by atoms with Gasteiger partial charge in [-0.1, -0.05) is 6.07 Å². The molecule has 0 spiro atoms. The van der Waals surface area contributed by atoms with Gasteiger partial charge in [0.2, 0.25) is 5.82 Å². The van der Waals surface area contributed by atoms with E-state index in [1.165, 1.54) is 4.68 Å². The molecule has 0 radical (unpaired) electrons. The van der Waals surface area contributed by atoms with E-state index in [0.29, 0.717) is 36.8 Å². The number of hydrogen-bond acceptors (Lipinski definition) is 9. The van der Waals surface area contributed by atoms with Crippen LogP contribution >= 0.6 is 0 Å². The normalized spacial score (nSPS) is 14.0. The van der Waals surface area contributed by atoms with Crippen molar-refractivity contribution in [1.29, 1.82) is 0 Å². The number of nitrogens with one attached hydrogen (secondary N) is 1. The zero-order valence-electron chi connectivity index (χ0n) is 19.2. The number of anilines is 1. The van der Waals surface area contributed by atoms with E-state index in [4.69, 9.17) is 4.74 Å². The molecule has 1 aliphatic heterocycles. The molecule has 0 saturated heterocycles. The average Bonchev–Trinajstić information content (AvgIpc) is 3.32. The monoisotopic (exact) mass is 466 g/mol. The van der Waals surface area contributed by atoms with E-state index in [9.17, 15) is 14.7 Å². The molecule has 12 heteroatoms. The molecule has 12 nitrogen and oxygen atoms in total. The zero-order valence-corrected chi connectivity index (χ0v) is 19.2. The second-order valence-corrected chi connectivity index (χ2v) is 8.28. The van der Waals surface area contributed by atoms with Gasteiger partial charge < -0.3 is 20.1 Å². The van der Waals surface area contributed by atoms with Crippen LogP contribution in [0.5, 0.6) is 0 Å². The molecule has 2 amide bonds. The second kappa shape index (κ2) is 9.91. The van der Waals surface area contributed by atoms with E-state index < -0.39 is 5.91 Å². The average molecular weight is 467 g/mol. The first kappa shape index (κ1) is 23.2. The molecule has 0 fully saturated rings. The highest BCUT2D eigenvalue weighted by Crippen LogP contribution is 2.22. The molecule has 0 bridgehead atoms. The van der Waals surface area contributed by atoms with Crippen LogP contribution in [0.4, 0.5) is 10.6 Å². The fourth-order valence-corrected chi connectivity index (χ4v) is 3.54. The van der Waals surface area contributed by atoms with Gasteiger partial charge in [0.15, 0.2) is 0 Å². The van der Waals surface area contributed by atoms with E-state index >= 15 is 0 Å². The largest absolute Gasteiger partial charge is 0.447 e. The lowest BCUT2D eigenvalue weighted by molar-refractivity contribution is 0.0729. The summed E-state index contributed by atoms with van der Waals surface area (Å²) < 4.78 is 6.75. The van der Waals surface area contributed by atoms with Gasteiger partial charge in [-0.15, -0.1) is 5.10 Å². The van der Waals surface area contributed by atoms with Gasteiger partial charge >= 0.3 is 6.09 Å². The Bertz CT molecular complexity index is 1200. The van der Waals surface area contributed by atoms with Crippen molar-refractivity contribution >= 4 is 17.8 Å². The minimum absolute atomic E-state index is 0.134. The van der Waals surface area contributed by atoms with Gasteiger partial charge in [-0.05, 0) is 66.9 Å². The Morgan fingerprint density at radius 1 is 1.24 bits per heavy atom. The molecule has 3 aromatic rings. The molecular weight excluding hydrogens is 440 g/mol. The van der Waals surface area contributed by atoms with Crippen molar-refractivity contribution in [3.8, 4) is 11.5 Å². The van der Waals surface area contributed by atoms with Crippen LogP contribution in [-0.2, 0) is 17.7 Å². The third kappa shape index (κ3) is 5.01. The molecule has 0 aliphatic carbocycles. The molecular formula is C22H26N8O4. The fraction of sp³-hybridized carbons (Fsp3) is 0.409. The predicted molar refractivity (Wildman–Crippen MR) is 121 cm³/mol. The van der Waals surface area contributed by atoms with Gasteiger partial charge in [0.1, 0.15) is 17.2 Å². The third-order valence-corrected chi connectivity index (χ3v) is 5.32. The van der Waals surface area contributed by atoms with Crippen LogP contribution < -0.4 is 5.32 Å². The van der Waals surface area contributed by atoms with E-state index in [1.54, 1.807) is 56.1 Å². The number of carbonyl (C=O) groups excluding carboxylic acids is 2. The lowest BCUT2D eigenvalue weighted by Gasteiger charge is -2.28. The zero-order chi connectivity index (χ0) is 24.2. The van der Waals surface area contributed by atoms with Crippen LogP contribution in [0.25, 0.3) is 11.5 Å². The molecule has 4 rings (SSSR count). The fourth-order valence-electron chi connectivity index (χ4n) is 3.54. The summed E-state index contributed by atoms with van der Waals surface area (Å²) in [5.41, 5.74) is 2.51. The summed E-state index contributed by atoms with van der Waals surface area (Å²) >= 11 is 0. The maximum atomic E-state index is 12.9. The molecule has 0 unspecified atom stereocenters. The van der Waals surface area contributed by atoms with E-state index in [1.807, 2.05) is 0 Å². The quantitative estimate of drug-likeness (QED) is 0.555. The molecule has 1 atom stereocenters. The number of fused-ring (bicyclic) bond motifs is 1. The highest BCUT2D eigenvalue weighted by Gasteiger charge is 2.24. The van der Waals surface area contributed by atoms with Gasteiger partial charge in [-0.3, -0.25) is 9.78 Å². The Morgan fingerprint density at radius 3 is 2.82 bits per heavy atom. The predicted octanol–water partition coefficient (Wildman–Crippen LogP) is 1.84. The van der Waals surface area contributed by atoms with E-state index in [0.717, 1.165) is 11.1 Å². The number of rotatable bonds is 6. The van der Waals surface area contributed by atoms with Crippen LogP contribution in [0.2, 0.25) is 0 Å². The van der Waals surface area contributed by atoms with Crippen molar-refractivity contribution in [2.24, 2.45) is 0 Å². The molecule has 0 saturated carbocycles. The standard InChI is InChI=1S/C22H26N8O4/c1-13(2)34-22(33)29-8-7-15-10-23-18(9-16(15)11-29)21(32)25-19-6-4-5-17(24-19)20-26-27-28-30(20)14(3)12-31/h4-6,9-10,13-14,31H,7-8,11-12H2,1-3H3,(H,24,25,32)/t14-/m1/s1. The van der Waals surface area contributed by atoms with Crippen molar-refractivity contribution in [3.05, 3.63) is 47.3 Å². The maximum absolute atomic E-state index is 12.9. The number of aliphatic hydroxyl groups excluding tert-OH is 1. The summed E-state index contributed by atoms with van der Waals surface area (Å²) in [7, 11) is 0. The molecule has 4 heterocycles. The Morgan fingerprint density at radius 2 is 2.06 bits per heavy atom. The number of aliphatic hydroxyl groups is 1. The Hall–Kier alpha value is -3.93. The number of aromatic nitrogens is 6. The van der Waals surface area contributed by atoms with Gasteiger partial charge in [0.05, 0.1) is 18.8 Å². The van der Waals surface area contributed by atoms with Gasteiger partial charge in [-0.2, -0.15) is 0 Å². The second-order valence-electron chi connectivity index (χ2n) is 8.28. The van der Waals surface area contributed by atoms with Crippen LogP contribution in [-0.4, -0.2) is 71.4 Å². The first-order chi connectivity index (χ1) is 16.4. The number of tetrazole rings is 1. The molecule has 34 heavy (non-hydrogen) atoms. The number of ether oxygens (including phenoxy) is 1. The van der Waals surface area contributed by atoms with Crippen LogP contribution in [0, 0.1) is 0 Å². The Balaban J connectivity index is 1.50. The minimum Gasteiger partial charge on any atom is -0.447 e. The van der Waals surface area contributed by atoms with E-state index in [-0.39, 0.29) is 30.5 Å². The van der Waals surface area contributed by atoms with Gasteiger partial charge in [0.25, 0.3) is 5.91 Å². The van der Waals surface area contributed by atoms with Crippen molar-refractivity contribution in [2.75, 3.05) is 18.5 Å². The first-order valence-electron chi connectivity index (χ1n) is 11.0. The number of carbonyl (C=O) groups is 2.